The molecule has 0 aliphatic heterocycles. The van der Waals surface area contributed by atoms with Crippen LogP contribution in [0.1, 0.15) is 24.4 Å². The van der Waals surface area contributed by atoms with E-state index in [0.717, 1.165) is 22.8 Å². The number of hydrogen-bond acceptors (Lipinski definition) is 4. The van der Waals surface area contributed by atoms with Crippen LogP contribution in [0.15, 0.2) is 40.1 Å². The molecule has 3 N–H and O–H groups in total. The van der Waals surface area contributed by atoms with Gasteiger partial charge in [0.05, 0.1) is 12.1 Å². The normalized spacial score (nSPS) is 20.3. The fourth-order valence-corrected chi connectivity index (χ4v) is 3.05. The molecule has 1 heterocycles. The molecule has 2 aromatic rings. The zero-order chi connectivity index (χ0) is 18.8. The van der Waals surface area contributed by atoms with Crippen molar-refractivity contribution < 1.29 is 18.7 Å². The second-order valence-corrected chi connectivity index (χ2v) is 6.33. The maximum Gasteiger partial charge on any atom is 0.328 e. The lowest BCUT2D eigenvalue weighted by atomic mass is 9.75. The Labute approximate surface area is 146 Å². The summed E-state index contributed by atoms with van der Waals surface area (Å²) in [6.07, 6.45) is 1.41. The molecule has 0 saturated heterocycles. The van der Waals surface area contributed by atoms with E-state index in [2.05, 4.69) is 5.32 Å². The molecule has 7 nitrogen and oxygen atoms in total. The highest BCUT2D eigenvalue weighted by Gasteiger charge is 2.36. The number of aromatic nitrogens is 2. The van der Waals surface area contributed by atoms with Crippen LogP contribution in [0.5, 0.6) is 0 Å². The Morgan fingerprint density at radius 2 is 2.04 bits per heavy atom. The van der Waals surface area contributed by atoms with Gasteiger partial charge in [-0.1, -0.05) is 6.07 Å². The third kappa shape index (κ3) is 3.88. The summed E-state index contributed by atoms with van der Waals surface area (Å²) in [6, 6.07) is 3.43. The zero-order valence-electron chi connectivity index (χ0n) is 13.6. The lowest BCUT2D eigenvalue weighted by Crippen LogP contribution is -2.43. The molecule has 1 aromatic carbocycles. The van der Waals surface area contributed by atoms with E-state index in [1.165, 1.54) is 12.3 Å². The van der Waals surface area contributed by atoms with Gasteiger partial charge in [-0.05, 0) is 24.8 Å². The number of carbonyl (C=O) groups is 1. The molecular formula is C17H17F2N3O4. The Balaban J connectivity index is 1.80. The Morgan fingerprint density at radius 1 is 1.31 bits per heavy atom. The number of hydrogen-bond donors (Lipinski definition) is 3. The number of aliphatic hydroxyl groups is 1. The van der Waals surface area contributed by atoms with Gasteiger partial charge in [0.15, 0.2) is 0 Å². The van der Waals surface area contributed by atoms with E-state index in [1.54, 1.807) is 0 Å². The Morgan fingerprint density at radius 3 is 2.65 bits per heavy atom. The molecule has 1 atom stereocenters. The predicted octanol–water partition coefficient (Wildman–Crippen LogP) is 0.443. The molecule has 3 rings (SSSR count). The van der Waals surface area contributed by atoms with Gasteiger partial charge in [-0.2, -0.15) is 0 Å². The van der Waals surface area contributed by atoms with Gasteiger partial charge in [0, 0.05) is 23.9 Å². The molecule has 0 spiro atoms. The van der Waals surface area contributed by atoms with E-state index in [-0.39, 0.29) is 18.0 Å². The largest absolute Gasteiger partial charge is 0.393 e. The van der Waals surface area contributed by atoms with Crippen LogP contribution in [0.2, 0.25) is 0 Å². The van der Waals surface area contributed by atoms with E-state index in [1.807, 2.05) is 4.98 Å². The molecule has 0 unspecified atom stereocenters. The van der Waals surface area contributed by atoms with E-state index in [4.69, 9.17) is 0 Å². The van der Waals surface area contributed by atoms with Gasteiger partial charge in [0.25, 0.3) is 5.56 Å². The molecular weight excluding hydrogens is 348 g/mol. The van der Waals surface area contributed by atoms with Crippen LogP contribution in [0, 0.1) is 17.6 Å². The Kier molecular flexibility index (Phi) is 4.99. The smallest absolute Gasteiger partial charge is 0.328 e. The quantitative estimate of drug-likeness (QED) is 0.715. The van der Waals surface area contributed by atoms with Gasteiger partial charge in [-0.15, -0.1) is 0 Å². The van der Waals surface area contributed by atoms with Crippen molar-refractivity contribution in [3.8, 4) is 0 Å². The monoisotopic (exact) mass is 365 g/mol. The lowest BCUT2D eigenvalue weighted by Gasteiger charge is -2.38. The van der Waals surface area contributed by atoms with E-state index >= 15 is 0 Å². The molecule has 1 aromatic heterocycles. The average molecular weight is 365 g/mol. The SMILES string of the molecule is O=C(Cn1ccc(=O)[nH]c1=O)N[C@H](c1ccc(F)cc1F)C1CC(O)C1. The summed E-state index contributed by atoms with van der Waals surface area (Å²) >= 11 is 0. The molecule has 9 heteroatoms. The van der Waals surface area contributed by atoms with Crippen LogP contribution >= 0.6 is 0 Å². The summed E-state index contributed by atoms with van der Waals surface area (Å²) in [7, 11) is 0. The topological polar surface area (TPSA) is 104 Å². The van der Waals surface area contributed by atoms with Crippen LogP contribution in [-0.2, 0) is 11.3 Å². The summed E-state index contributed by atoms with van der Waals surface area (Å²) in [4.78, 5) is 37.1. The first kappa shape index (κ1) is 18.0. The molecule has 138 valence electrons. The van der Waals surface area contributed by atoms with Crippen LogP contribution in [0.4, 0.5) is 8.78 Å². The number of rotatable bonds is 5. The first-order chi connectivity index (χ1) is 12.3. The number of nitrogens with one attached hydrogen (secondary N) is 2. The number of benzene rings is 1. The minimum atomic E-state index is -0.794. The third-order valence-electron chi connectivity index (χ3n) is 4.45. The van der Waals surface area contributed by atoms with E-state index in [0.29, 0.717) is 12.8 Å². The number of H-pyrrole nitrogens is 1. The van der Waals surface area contributed by atoms with Crippen LogP contribution in [-0.4, -0.2) is 26.7 Å². The molecule has 0 radical (unpaired) electrons. The average Bonchev–Trinajstić information content (AvgIpc) is 2.53. The number of halogens is 2. The summed E-state index contributed by atoms with van der Waals surface area (Å²) in [5.41, 5.74) is -1.21. The summed E-state index contributed by atoms with van der Waals surface area (Å²) in [5.74, 6) is -2.31. The van der Waals surface area contributed by atoms with Gasteiger partial charge < -0.3 is 10.4 Å². The fraction of sp³-hybridized carbons (Fsp3) is 0.353. The highest BCUT2D eigenvalue weighted by Crippen LogP contribution is 2.38. The van der Waals surface area contributed by atoms with Gasteiger partial charge in [0.2, 0.25) is 5.91 Å². The molecule has 1 saturated carbocycles. The molecule has 26 heavy (non-hydrogen) atoms. The van der Waals surface area contributed by atoms with Crippen molar-refractivity contribution in [2.24, 2.45) is 5.92 Å². The molecule has 1 aliphatic rings. The minimum Gasteiger partial charge on any atom is -0.393 e. The number of aromatic amines is 1. The van der Waals surface area contributed by atoms with Crippen molar-refractivity contribution in [1.82, 2.24) is 14.9 Å². The van der Waals surface area contributed by atoms with Crippen molar-refractivity contribution >= 4 is 5.91 Å². The Bertz CT molecular complexity index is 934. The first-order valence-electron chi connectivity index (χ1n) is 8.05. The number of nitrogens with zero attached hydrogens (tertiary/aromatic N) is 1. The van der Waals surface area contributed by atoms with Crippen molar-refractivity contribution in [1.29, 1.82) is 0 Å². The molecule has 0 bridgehead atoms. The predicted molar refractivity (Wildman–Crippen MR) is 87.3 cm³/mol. The standard InChI is InChI=1S/C17H17F2N3O4/c18-10-1-2-12(13(19)7-10)16(9-5-11(23)6-9)20-15(25)8-22-4-3-14(24)21-17(22)26/h1-4,7,9,11,16,23H,5-6,8H2,(H,20,25)(H,21,24,26)/t9?,11?,16-/m0/s1. The van der Waals surface area contributed by atoms with Gasteiger partial charge in [-0.3, -0.25) is 19.1 Å². The number of carbonyl (C=O) groups excluding carboxylic acids is 1. The van der Waals surface area contributed by atoms with Crippen molar-refractivity contribution in [3.63, 3.8) is 0 Å². The Hall–Kier alpha value is -2.81. The van der Waals surface area contributed by atoms with E-state index < -0.39 is 40.9 Å². The highest BCUT2D eigenvalue weighted by atomic mass is 19.1. The second-order valence-electron chi connectivity index (χ2n) is 6.33. The maximum atomic E-state index is 14.2. The number of amides is 1. The first-order valence-corrected chi connectivity index (χ1v) is 8.05. The van der Waals surface area contributed by atoms with Gasteiger partial charge in [-0.25, -0.2) is 13.6 Å². The molecule has 1 fully saturated rings. The van der Waals surface area contributed by atoms with Crippen LogP contribution < -0.4 is 16.6 Å². The van der Waals surface area contributed by atoms with Crippen LogP contribution in [0.25, 0.3) is 0 Å². The van der Waals surface area contributed by atoms with Gasteiger partial charge >= 0.3 is 5.69 Å². The molecule has 1 amide bonds. The zero-order valence-corrected chi connectivity index (χ0v) is 13.6. The van der Waals surface area contributed by atoms with Crippen molar-refractivity contribution in [2.75, 3.05) is 0 Å². The van der Waals surface area contributed by atoms with Crippen molar-refractivity contribution in [2.45, 2.75) is 31.5 Å². The third-order valence-corrected chi connectivity index (χ3v) is 4.45. The lowest BCUT2D eigenvalue weighted by molar-refractivity contribution is -0.123. The maximum absolute atomic E-state index is 14.2. The van der Waals surface area contributed by atoms with Crippen molar-refractivity contribution in [3.05, 3.63) is 68.5 Å². The molecule has 1 aliphatic carbocycles. The summed E-state index contributed by atoms with van der Waals surface area (Å²) in [5, 5.41) is 12.2. The van der Waals surface area contributed by atoms with Gasteiger partial charge in [0.1, 0.15) is 18.2 Å². The minimum absolute atomic E-state index is 0.116. The van der Waals surface area contributed by atoms with Crippen LogP contribution in [0.3, 0.4) is 0 Å². The fourth-order valence-electron chi connectivity index (χ4n) is 3.05. The number of aliphatic hydroxyl groups excluding tert-OH is 1. The summed E-state index contributed by atoms with van der Waals surface area (Å²) < 4.78 is 28.3. The second kappa shape index (κ2) is 7.20. The van der Waals surface area contributed by atoms with E-state index in [9.17, 15) is 28.3 Å². The highest BCUT2D eigenvalue weighted by molar-refractivity contribution is 5.76. The summed E-state index contributed by atoms with van der Waals surface area (Å²) in [6.45, 7) is -0.371.